The monoisotopic (exact) mass is 478 g/mol. The number of sulfonamides is 1. The third kappa shape index (κ3) is 7.45. The highest BCUT2D eigenvalue weighted by Gasteiger charge is 2.34. The minimum Gasteiger partial charge on any atom is -0.484 e. The summed E-state index contributed by atoms with van der Waals surface area (Å²) >= 11 is 0. The molecule has 0 spiro atoms. The number of benzene rings is 1. The minimum absolute atomic E-state index is 0.0432. The first-order valence-corrected chi connectivity index (χ1v) is 10.4. The van der Waals surface area contributed by atoms with E-state index in [0.29, 0.717) is 6.07 Å². The van der Waals surface area contributed by atoms with Crippen molar-refractivity contribution in [2.24, 2.45) is 0 Å². The molecule has 1 heterocycles. The van der Waals surface area contributed by atoms with Crippen LogP contribution in [0.5, 0.6) is 11.5 Å². The molecule has 176 valence electrons. The summed E-state index contributed by atoms with van der Waals surface area (Å²) in [5, 5.41) is 0. The van der Waals surface area contributed by atoms with E-state index in [2.05, 4.69) is 9.47 Å². The van der Waals surface area contributed by atoms with Crippen molar-refractivity contribution in [1.82, 2.24) is 9.21 Å². The van der Waals surface area contributed by atoms with Crippen molar-refractivity contribution < 1.29 is 49.0 Å². The molecule has 1 aliphatic heterocycles. The number of halogens is 6. The Kier molecular flexibility index (Phi) is 7.68. The van der Waals surface area contributed by atoms with E-state index in [9.17, 15) is 39.6 Å². The molecule has 0 aliphatic carbocycles. The number of hydrogen-bond acceptors (Lipinski definition) is 5. The van der Waals surface area contributed by atoms with Crippen LogP contribution in [0.4, 0.5) is 26.3 Å². The smallest absolute Gasteiger partial charge is 0.422 e. The fourth-order valence-corrected chi connectivity index (χ4v) is 4.43. The molecule has 0 aromatic heterocycles. The molecular weight excluding hydrogens is 458 g/mol. The van der Waals surface area contributed by atoms with Gasteiger partial charge in [0.1, 0.15) is 16.4 Å². The Bertz CT molecular complexity index is 888. The van der Waals surface area contributed by atoms with E-state index in [1.54, 1.807) is 0 Å². The van der Waals surface area contributed by atoms with E-state index < -0.39 is 52.0 Å². The lowest BCUT2D eigenvalue weighted by Crippen LogP contribution is -2.36. The van der Waals surface area contributed by atoms with Gasteiger partial charge >= 0.3 is 12.4 Å². The number of alkyl halides is 6. The van der Waals surface area contributed by atoms with Gasteiger partial charge in [0.25, 0.3) is 0 Å². The molecule has 31 heavy (non-hydrogen) atoms. The third-order valence-electron chi connectivity index (χ3n) is 4.23. The minimum atomic E-state index is -4.77. The van der Waals surface area contributed by atoms with Gasteiger partial charge in [0.2, 0.25) is 15.9 Å². The van der Waals surface area contributed by atoms with Crippen LogP contribution >= 0.6 is 0 Å². The predicted octanol–water partition coefficient (Wildman–Crippen LogP) is 2.81. The van der Waals surface area contributed by atoms with Crippen LogP contribution in [0.2, 0.25) is 0 Å². The maximum atomic E-state index is 13.1. The van der Waals surface area contributed by atoms with E-state index in [0.717, 1.165) is 16.4 Å². The Morgan fingerprint density at radius 3 is 2.16 bits per heavy atom. The fourth-order valence-electron chi connectivity index (χ4n) is 2.81. The SMILES string of the molecule is CC(=O)N1CCCN(S(=O)(=O)c2cc(OCC(F)(F)F)ccc2OCC(F)(F)F)CC1. The lowest BCUT2D eigenvalue weighted by atomic mass is 10.3. The topological polar surface area (TPSA) is 76.2 Å². The van der Waals surface area contributed by atoms with Crippen LogP contribution in [-0.4, -0.2) is 75.3 Å². The molecule has 0 N–H and O–H groups in total. The van der Waals surface area contributed by atoms with Gasteiger partial charge in [0.05, 0.1) is 0 Å². The molecule has 1 aliphatic rings. The molecule has 0 bridgehead atoms. The summed E-state index contributed by atoms with van der Waals surface area (Å²) in [5.41, 5.74) is 0. The molecule has 14 heteroatoms. The van der Waals surface area contributed by atoms with Crippen LogP contribution in [0.3, 0.4) is 0 Å². The molecule has 2 rings (SSSR count). The van der Waals surface area contributed by atoms with Crippen molar-refractivity contribution in [1.29, 1.82) is 0 Å². The Hall–Kier alpha value is -2.22. The zero-order chi connectivity index (χ0) is 23.4. The Morgan fingerprint density at radius 2 is 1.58 bits per heavy atom. The van der Waals surface area contributed by atoms with E-state index in [1.165, 1.54) is 11.8 Å². The molecule has 7 nitrogen and oxygen atoms in total. The van der Waals surface area contributed by atoms with Crippen LogP contribution in [0.15, 0.2) is 23.1 Å². The second kappa shape index (κ2) is 9.51. The normalized spacial score (nSPS) is 16.7. The largest absolute Gasteiger partial charge is 0.484 e. The zero-order valence-electron chi connectivity index (χ0n) is 16.3. The van der Waals surface area contributed by atoms with Gasteiger partial charge in [-0.1, -0.05) is 0 Å². The number of ether oxygens (including phenoxy) is 2. The first kappa shape index (κ1) is 25.0. The molecule has 0 saturated carbocycles. The summed E-state index contributed by atoms with van der Waals surface area (Å²) in [6, 6.07) is 2.39. The summed E-state index contributed by atoms with van der Waals surface area (Å²) in [7, 11) is -4.47. The van der Waals surface area contributed by atoms with Crippen LogP contribution in [0.1, 0.15) is 13.3 Å². The van der Waals surface area contributed by atoms with Gasteiger partial charge in [-0.25, -0.2) is 8.42 Å². The molecular formula is C17H20F6N2O5S. The number of amides is 1. The number of hydrogen-bond donors (Lipinski definition) is 0. The lowest BCUT2D eigenvalue weighted by Gasteiger charge is -2.23. The van der Waals surface area contributed by atoms with E-state index in [1.807, 2.05) is 0 Å². The molecule has 1 amide bonds. The maximum absolute atomic E-state index is 13.1. The van der Waals surface area contributed by atoms with Crippen molar-refractivity contribution >= 4 is 15.9 Å². The first-order chi connectivity index (χ1) is 14.2. The van der Waals surface area contributed by atoms with Gasteiger partial charge in [-0.3, -0.25) is 4.79 Å². The number of carbonyl (C=O) groups is 1. The summed E-state index contributed by atoms with van der Waals surface area (Å²) < 4.78 is 111. The summed E-state index contributed by atoms with van der Waals surface area (Å²) in [6.45, 7) is -2.05. The van der Waals surface area contributed by atoms with E-state index in [-0.39, 0.29) is 38.5 Å². The summed E-state index contributed by atoms with van der Waals surface area (Å²) in [5.74, 6) is -1.45. The summed E-state index contributed by atoms with van der Waals surface area (Å²) in [6.07, 6.45) is -9.20. The van der Waals surface area contributed by atoms with Crippen LogP contribution in [0, 0.1) is 0 Å². The first-order valence-electron chi connectivity index (χ1n) is 8.98. The highest BCUT2D eigenvalue weighted by molar-refractivity contribution is 7.89. The third-order valence-corrected chi connectivity index (χ3v) is 6.15. The van der Waals surface area contributed by atoms with Crippen molar-refractivity contribution in [2.75, 3.05) is 39.4 Å². The molecule has 1 saturated heterocycles. The van der Waals surface area contributed by atoms with Crippen molar-refractivity contribution in [3.8, 4) is 11.5 Å². The average molecular weight is 478 g/mol. The number of nitrogens with zero attached hydrogens (tertiary/aromatic N) is 2. The Labute approximate surface area is 174 Å². The van der Waals surface area contributed by atoms with Crippen LogP contribution < -0.4 is 9.47 Å². The predicted molar refractivity (Wildman–Crippen MR) is 95.2 cm³/mol. The van der Waals surface area contributed by atoms with Gasteiger partial charge in [0, 0.05) is 39.2 Å². The van der Waals surface area contributed by atoms with Crippen molar-refractivity contribution in [2.45, 2.75) is 30.6 Å². The number of carbonyl (C=O) groups excluding carboxylic acids is 1. The van der Waals surface area contributed by atoms with Gasteiger partial charge in [-0.05, 0) is 18.6 Å². The van der Waals surface area contributed by atoms with E-state index in [4.69, 9.17) is 0 Å². The van der Waals surface area contributed by atoms with Crippen LogP contribution in [-0.2, 0) is 14.8 Å². The highest BCUT2D eigenvalue weighted by Crippen LogP contribution is 2.33. The highest BCUT2D eigenvalue weighted by atomic mass is 32.2. The van der Waals surface area contributed by atoms with Gasteiger partial charge < -0.3 is 14.4 Å². The van der Waals surface area contributed by atoms with Crippen LogP contribution in [0.25, 0.3) is 0 Å². The van der Waals surface area contributed by atoms with Crippen molar-refractivity contribution in [3.05, 3.63) is 18.2 Å². The van der Waals surface area contributed by atoms with Crippen molar-refractivity contribution in [3.63, 3.8) is 0 Å². The van der Waals surface area contributed by atoms with Gasteiger partial charge in [-0.15, -0.1) is 0 Å². The zero-order valence-corrected chi connectivity index (χ0v) is 17.1. The van der Waals surface area contributed by atoms with Gasteiger partial charge in [0.15, 0.2) is 13.2 Å². The Balaban J connectivity index is 2.36. The quantitative estimate of drug-likeness (QED) is 0.588. The molecule has 0 atom stereocenters. The molecule has 1 aromatic carbocycles. The Morgan fingerprint density at radius 1 is 0.968 bits per heavy atom. The average Bonchev–Trinajstić information content (AvgIpc) is 2.90. The van der Waals surface area contributed by atoms with Gasteiger partial charge in [-0.2, -0.15) is 30.6 Å². The van der Waals surface area contributed by atoms with E-state index >= 15 is 0 Å². The molecule has 0 unspecified atom stereocenters. The second-order valence-corrected chi connectivity index (χ2v) is 8.59. The maximum Gasteiger partial charge on any atom is 0.422 e. The fraction of sp³-hybridized carbons (Fsp3) is 0.588. The molecule has 1 fully saturated rings. The number of rotatable bonds is 6. The standard InChI is InChI=1S/C17H20F6N2O5S/c1-12(26)24-5-2-6-25(8-7-24)31(27,28)15-9-13(29-10-16(18,19)20)3-4-14(15)30-11-17(21,22)23/h3-4,9H,2,5-8,10-11H2,1H3. The molecule has 1 aromatic rings. The summed E-state index contributed by atoms with van der Waals surface area (Å²) in [4.78, 5) is 12.2. The second-order valence-electron chi connectivity index (χ2n) is 6.68. The lowest BCUT2D eigenvalue weighted by molar-refractivity contribution is -0.154. The molecule has 0 radical (unpaired) electrons.